The van der Waals surface area contributed by atoms with Crippen molar-refractivity contribution in [3.8, 4) is 5.75 Å². The number of aromatic hydroxyl groups is 1. The molecule has 78 valence electrons. The molecule has 0 unspecified atom stereocenters. The first-order chi connectivity index (χ1) is 7.25. The Morgan fingerprint density at radius 1 is 1.47 bits per heavy atom. The minimum absolute atomic E-state index is 0.285. The lowest BCUT2D eigenvalue weighted by Gasteiger charge is -2.01. The van der Waals surface area contributed by atoms with Gasteiger partial charge in [-0.1, -0.05) is 0 Å². The molecule has 4 heteroatoms. The summed E-state index contributed by atoms with van der Waals surface area (Å²) in [6.45, 7) is 1.86. The second-order valence-corrected chi connectivity index (χ2v) is 4.28. The van der Waals surface area contributed by atoms with Crippen LogP contribution >= 0.6 is 0 Å². The smallest absolute Gasteiger partial charge is 0.167 e. The van der Waals surface area contributed by atoms with Gasteiger partial charge in [-0.3, -0.25) is 4.40 Å². The Morgan fingerprint density at radius 3 is 3.00 bits per heavy atom. The first-order valence-corrected chi connectivity index (χ1v) is 5.28. The first-order valence-electron chi connectivity index (χ1n) is 5.28. The maximum atomic E-state index is 9.54. The summed E-state index contributed by atoms with van der Waals surface area (Å²) in [7, 11) is 0. The van der Waals surface area contributed by atoms with E-state index in [0.717, 1.165) is 29.4 Å². The average Bonchev–Trinajstić information content (AvgIpc) is 2.93. The number of fused-ring (bicyclic) bond motifs is 1. The van der Waals surface area contributed by atoms with Crippen molar-refractivity contribution in [2.24, 2.45) is 5.92 Å². The Balaban J connectivity index is 2.12. The summed E-state index contributed by atoms with van der Waals surface area (Å²) in [6.07, 6.45) is 5.47. The van der Waals surface area contributed by atoms with Crippen LogP contribution < -0.4 is 0 Å². The Morgan fingerprint density at radius 2 is 2.27 bits per heavy atom. The van der Waals surface area contributed by atoms with E-state index in [1.54, 1.807) is 6.07 Å². The lowest BCUT2D eigenvalue weighted by molar-refractivity contribution is 0.470. The van der Waals surface area contributed by atoms with E-state index in [2.05, 4.69) is 10.2 Å². The van der Waals surface area contributed by atoms with Gasteiger partial charge in [-0.15, -0.1) is 10.2 Å². The van der Waals surface area contributed by atoms with E-state index in [-0.39, 0.29) is 5.75 Å². The van der Waals surface area contributed by atoms with E-state index >= 15 is 0 Å². The lowest BCUT2D eigenvalue weighted by atomic mass is 10.2. The van der Waals surface area contributed by atoms with Crippen LogP contribution in [0.3, 0.4) is 0 Å². The highest BCUT2D eigenvalue weighted by molar-refractivity contribution is 5.53. The molecule has 0 aromatic carbocycles. The van der Waals surface area contributed by atoms with Crippen LogP contribution in [0, 0.1) is 12.8 Å². The normalized spacial score (nSPS) is 16.1. The number of aromatic nitrogens is 3. The molecule has 0 atom stereocenters. The van der Waals surface area contributed by atoms with Gasteiger partial charge in [-0.05, 0) is 31.7 Å². The molecular formula is C11H13N3O. The van der Waals surface area contributed by atoms with Gasteiger partial charge in [0.05, 0.1) is 0 Å². The highest BCUT2D eigenvalue weighted by Gasteiger charge is 2.24. The van der Waals surface area contributed by atoms with Gasteiger partial charge >= 0.3 is 0 Å². The SMILES string of the molecule is Cc1c(O)ccn2c(CC3CC3)nnc12. The van der Waals surface area contributed by atoms with E-state index in [4.69, 9.17) is 0 Å². The molecule has 0 aliphatic heterocycles. The number of aryl methyl sites for hydroxylation is 1. The molecule has 1 fully saturated rings. The van der Waals surface area contributed by atoms with Crippen molar-refractivity contribution in [2.75, 3.05) is 0 Å². The van der Waals surface area contributed by atoms with Gasteiger partial charge in [0, 0.05) is 18.2 Å². The summed E-state index contributed by atoms with van der Waals surface area (Å²) in [5.74, 6) is 2.09. The number of hydrogen-bond acceptors (Lipinski definition) is 3. The van der Waals surface area contributed by atoms with Crippen LogP contribution in [0.1, 0.15) is 24.2 Å². The van der Waals surface area contributed by atoms with E-state index < -0.39 is 0 Å². The maximum Gasteiger partial charge on any atom is 0.167 e. The minimum Gasteiger partial charge on any atom is -0.507 e. The van der Waals surface area contributed by atoms with E-state index in [0.29, 0.717) is 0 Å². The number of pyridine rings is 1. The Hall–Kier alpha value is -1.58. The third-order valence-corrected chi connectivity index (χ3v) is 3.04. The van der Waals surface area contributed by atoms with Crippen LogP contribution in [0.4, 0.5) is 0 Å². The van der Waals surface area contributed by atoms with Gasteiger partial charge in [-0.25, -0.2) is 0 Å². The van der Waals surface area contributed by atoms with Gasteiger partial charge in [0.25, 0.3) is 0 Å². The standard InChI is InChI=1S/C11H13N3O/c1-7-9(15)4-5-14-10(6-8-2-3-8)12-13-11(7)14/h4-5,8,15H,2-3,6H2,1H3. The van der Waals surface area contributed by atoms with E-state index in [1.807, 2.05) is 17.5 Å². The fraction of sp³-hybridized carbons (Fsp3) is 0.455. The number of nitrogens with zero attached hydrogens (tertiary/aromatic N) is 3. The monoisotopic (exact) mass is 203 g/mol. The summed E-state index contributed by atoms with van der Waals surface area (Å²) in [5, 5.41) is 17.8. The molecule has 1 aliphatic carbocycles. The Bertz CT molecular complexity index is 514. The third-order valence-electron chi connectivity index (χ3n) is 3.04. The van der Waals surface area contributed by atoms with Crippen molar-refractivity contribution < 1.29 is 5.11 Å². The minimum atomic E-state index is 0.285. The molecule has 0 radical (unpaired) electrons. The van der Waals surface area contributed by atoms with E-state index in [1.165, 1.54) is 12.8 Å². The molecule has 0 amide bonds. The predicted molar refractivity (Wildman–Crippen MR) is 55.8 cm³/mol. The highest BCUT2D eigenvalue weighted by Crippen LogP contribution is 2.32. The van der Waals surface area contributed by atoms with E-state index in [9.17, 15) is 5.11 Å². The van der Waals surface area contributed by atoms with Crippen molar-refractivity contribution >= 4 is 5.65 Å². The molecule has 15 heavy (non-hydrogen) atoms. The summed E-state index contributed by atoms with van der Waals surface area (Å²) in [6, 6.07) is 1.70. The lowest BCUT2D eigenvalue weighted by Crippen LogP contribution is -1.96. The molecular weight excluding hydrogens is 190 g/mol. The molecule has 1 N–H and O–H groups in total. The summed E-state index contributed by atoms with van der Waals surface area (Å²) in [4.78, 5) is 0. The molecule has 1 aliphatic rings. The molecule has 4 nitrogen and oxygen atoms in total. The second-order valence-electron chi connectivity index (χ2n) is 4.28. The molecule has 0 spiro atoms. The predicted octanol–water partition coefficient (Wildman–Crippen LogP) is 1.70. The maximum absolute atomic E-state index is 9.54. The van der Waals surface area contributed by atoms with Crippen LogP contribution in [0.25, 0.3) is 5.65 Å². The second kappa shape index (κ2) is 2.95. The molecule has 1 saturated carbocycles. The Kier molecular flexibility index (Phi) is 1.71. The summed E-state index contributed by atoms with van der Waals surface area (Å²) < 4.78 is 1.98. The quantitative estimate of drug-likeness (QED) is 0.808. The zero-order valence-electron chi connectivity index (χ0n) is 8.64. The summed E-state index contributed by atoms with van der Waals surface area (Å²) in [5.41, 5.74) is 1.57. The molecule has 2 heterocycles. The van der Waals surface area contributed by atoms with Crippen molar-refractivity contribution in [3.05, 3.63) is 23.7 Å². The van der Waals surface area contributed by atoms with Crippen molar-refractivity contribution in [1.29, 1.82) is 0 Å². The summed E-state index contributed by atoms with van der Waals surface area (Å²) >= 11 is 0. The fourth-order valence-electron chi connectivity index (χ4n) is 1.84. The van der Waals surface area contributed by atoms with Gasteiger partial charge in [0.2, 0.25) is 0 Å². The largest absolute Gasteiger partial charge is 0.507 e. The van der Waals surface area contributed by atoms with Gasteiger partial charge in [0.15, 0.2) is 5.65 Å². The molecule has 3 rings (SSSR count). The zero-order valence-corrected chi connectivity index (χ0v) is 8.64. The highest BCUT2D eigenvalue weighted by atomic mass is 16.3. The molecule has 2 aromatic heterocycles. The third kappa shape index (κ3) is 1.37. The fourth-order valence-corrected chi connectivity index (χ4v) is 1.84. The van der Waals surface area contributed by atoms with Crippen LogP contribution in [0.15, 0.2) is 12.3 Å². The van der Waals surface area contributed by atoms with Gasteiger partial charge < -0.3 is 5.11 Å². The van der Waals surface area contributed by atoms with Gasteiger partial charge in [0.1, 0.15) is 11.6 Å². The number of hydrogen-bond donors (Lipinski definition) is 1. The van der Waals surface area contributed by atoms with Crippen LogP contribution in [0.2, 0.25) is 0 Å². The van der Waals surface area contributed by atoms with Crippen molar-refractivity contribution in [3.63, 3.8) is 0 Å². The van der Waals surface area contributed by atoms with Crippen molar-refractivity contribution in [2.45, 2.75) is 26.2 Å². The molecule has 0 saturated heterocycles. The molecule has 0 bridgehead atoms. The molecule has 2 aromatic rings. The number of rotatable bonds is 2. The van der Waals surface area contributed by atoms with Gasteiger partial charge in [-0.2, -0.15) is 0 Å². The topological polar surface area (TPSA) is 50.4 Å². The Labute approximate surface area is 87.6 Å². The zero-order chi connectivity index (χ0) is 10.4. The van der Waals surface area contributed by atoms with Crippen LogP contribution in [-0.2, 0) is 6.42 Å². The van der Waals surface area contributed by atoms with Crippen LogP contribution in [-0.4, -0.2) is 19.7 Å². The van der Waals surface area contributed by atoms with Crippen molar-refractivity contribution in [1.82, 2.24) is 14.6 Å². The average molecular weight is 203 g/mol. The first kappa shape index (κ1) is 8.71. The van der Waals surface area contributed by atoms with Crippen LogP contribution in [0.5, 0.6) is 5.75 Å².